The average Bonchev–Trinajstić information content (AvgIpc) is 2.28. The molecule has 0 aromatic carbocycles. The fourth-order valence-electron chi connectivity index (χ4n) is 1.10. The molecule has 5 nitrogen and oxygen atoms in total. The van der Waals surface area contributed by atoms with Gasteiger partial charge in [0.05, 0.1) is 0 Å². The van der Waals surface area contributed by atoms with E-state index in [4.69, 9.17) is 16.7 Å². The monoisotopic (exact) mass is 274 g/mol. The molecule has 2 N–H and O–H groups in total. The van der Waals surface area contributed by atoms with Crippen molar-refractivity contribution in [3.63, 3.8) is 0 Å². The number of nitrogens with zero attached hydrogens (tertiary/aromatic N) is 1. The second-order valence-electron chi connectivity index (χ2n) is 3.18. The lowest BCUT2D eigenvalue weighted by molar-refractivity contribution is -0.139. The summed E-state index contributed by atoms with van der Waals surface area (Å²) in [6.45, 7) is 0. The summed E-state index contributed by atoms with van der Waals surface area (Å²) in [5.41, 5.74) is 0.963. The first-order valence-electron chi connectivity index (χ1n) is 4.74. The summed E-state index contributed by atoms with van der Waals surface area (Å²) < 4.78 is 0. The molecule has 0 bridgehead atoms. The molecule has 0 saturated carbocycles. The number of hydrogen-bond donors (Lipinski definition) is 2. The molecule has 0 aliphatic heterocycles. The van der Waals surface area contributed by atoms with Crippen molar-refractivity contribution in [3.05, 3.63) is 29.0 Å². The first-order valence-corrected chi connectivity index (χ1v) is 6.27. The SMILES string of the molecule is O=CNC(CSCc1ccnc(Cl)c1)C(=O)O. The molecule has 1 aromatic heterocycles. The topological polar surface area (TPSA) is 79.3 Å². The van der Waals surface area contributed by atoms with Crippen LogP contribution in [0.4, 0.5) is 0 Å². The minimum absolute atomic E-state index is 0.300. The van der Waals surface area contributed by atoms with E-state index in [-0.39, 0.29) is 0 Å². The molecule has 0 aliphatic carbocycles. The summed E-state index contributed by atoms with van der Waals surface area (Å²) in [7, 11) is 0. The van der Waals surface area contributed by atoms with Crippen LogP contribution in [0.25, 0.3) is 0 Å². The van der Waals surface area contributed by atoms with Crippen molar-refractivity contribution < 1.29 is 14.7 Å². The van der Waals surface area contributed by atoms with Gasteiger partial charge >= 0.3 is 5.97 Å². The molecule has 1 amide bonds. The van der Waals surface area contributed by atoms with E-state index >= 15 is 0 Å². The lowest BCUT2D eigenvalue weighted by Gasteiger charge is -2.10. The van der Waals surface area contributed by atoms with Crippen molar-refractivity contribution in [1.82, 2.24) is 10.3 Å². The van der Waals surface area contributed by atoms with Crippen LogP contribution < -0.4 is 5.32 Å². The van der Waals surface area contributed by atoms with Crippen molar-refractivity contribution in [2.75, 3.05) is 5.75 Å². The number of hydrogen-bond acceptors (Lipinski definition) is 4. The van der Waals surface area contributed by atoms with Crippen LogP contribution in [0.15, 0.2) is 18.3 Å². The Labute approximate surface area is 108 Å². The third-order valence-corrected chi connectivity index (χ3v) is 3.22. The highest BCUT2D eigenvalue weighted by Gasteiger charge is 2.15. The lowest BCUT2D eigenvalue weighted by atomic mass is 10.3. The highest BCUT2D eigenvalue weighted by molar-refractivity contribution is 7.98. The smallest absolute Gasteiger partial charge is 0.327 e. The Kier molecular flexibility index (Phi) is 5.79. The van der Waals surface area contributed by atoms with Crippen molar-refractivity contribution in [3.8, 4) is 0 Å². The number of carbonyl (C=O) groups excluding carboxylic acids is 1. The maximum absolute atomic E-state index is 10.7. The van der Waals surface area contributed by atoms with E-state index in [0.717, 1.165) is 5.56 Å². The van der Waals surface area contributed by atoms with Crippen LogP contribution in [0, 0.1) is 0 Å². The molecule has 92 valence electrons. The van der Waals surface area contributed by atoms with Gasteiger partial charge < -0.3 is 10.4 Å². The van der Waals surface area contributed by atoms with Crippen LogP contribution in [0.2, 0.25) is 5.15 Å². The minimum atomic E-state index is -1.04. The van der Waals surface area contributed by atoms with Crippen LogP contribution in [0.1, 0.15) is 5.56 Å². The maximum atomic E-state index is 10.7. The van der Waals surface area contributed by atoms with E-state index in [0.29, 0.717) is 23.1 Å². The molecule has 1 atom stereocenters. The molecule has 1 heterocycles. The third-order valence-electron chi connectivity index (χ3n) is 1.91. The van der Waals surface area contributed by atoms with Gasteiger partial charge in [0, 0.05) is 17.7 Å². The fraction of sp³-hybridized carbons (Fsp3) is 0.300. The van der Waals surface area contributed by atoms with Gasteiger partial charge in [0.1, 0.15) is 11.2 Å². The van der Waals surface area contributed by atoms with Crippen molar-refractivity contribution in [2.45, 2.75) is 11.8 Å². The highest BCUT2D eigenvalue weighted by atomic mass is 35.5. The number of carbonyl (C=O) groups is 2. The number of pyridine rings is 1. The molecule has 7 heteroatoms. The number of carboxylic acid groups (broad SMARTS) is 1. The zero-order valence-electron chi connectivity index (χ0n) is 8.80. The Morgan fingerprint density at radius 3 is 3.06 bits per heavy atom. The lowest BCUT2D eigenvalue weighted by Crippen LogP contribution is -2.37. The highest BCUT2D eigenvalue weighted by Crippen LogP contribution is 2.15. The van der Waals surface area contributed by atoms with E-state index in [1.807, 2.05) is 6.07 Å². The predicted octanol–water partition coefficient (Wildman–Crippen LogP) is 1.17. The van der Waals surface area contributed by atoms with Crippen LogP contribution in [-0.4, -0.2) is 34.3 Å². The van der Waals surface area contributed by atoms with E-state index in [1.54, 1.807) is 12.3 Å². The van der Waals surface area contributed by atoms with Crippen molar-refractivity contribution in [1.29, 1.82) is 0 Å². The van der Waals surface area contributed by atoms with Crippen molar-refractivity contribution >= 4 is 35.7 Å². The summed E-state index contributed by atoms with van der Waals surface area (Å²) >= 11 is 7.12. The number of halogens is 1. The van der Waals surface area contributed by atoms with Crippen LogP contribution >= 0.6 is 23.4 Å². The zero-order chi connectivity index (χ0) is 12.7. The number of aliphatic carboxylic acids is 1. The first-order chi connectivity index (χ1) is 8.13. The number of aromatic nitrogens is 1. The normalized spacial score (nSPS) is 11.8. The van der Waals surface area contributed by atoms with Gasteiger partial charge in [-0.05, 0) is 17.7 Å². The van der Waals surface area contributed by atoms with Crippen LogP contribution in [0.5, 0.6) is 0 Å². The largest absolute Gasteiger partial charge is 0.480 e. The molecule has 1 rings (SSSR count). The molecule has 1 aromatic rings. The van der Waals surface area contributed by atoms with Crippen LogP contribution in [-0.2, 0) is 15.3 Å². The Bertz CT molecular complexity index is 403. The molecular weight excluding hydrogens is 264 g/mol. The maximum Gasteiger partial charge on any atom is 0.327 e. The average molecular weight is 275 g/mol. The summed E-state index contributed by atoms with van der Waals surface area (Å²) in [5.74, 6) is -0.127. The molecule has 0 fully saturated rings. The van der Waals surface area contributed by atoms with Gasteiger partial charge in [-0.25, -0.2) is 9.78 Å². The Hall–Kier alpha value is -1.27. The molecular formula is C10H11ClN2O3S. The zero-order valence-corrected chi connectivity index (χ0v) is 10.4. The Morgan fingerprint density at radius 2 is 2.47 bits per heavy atom. The van der Waals surface area contributed by atoms with Gasteiger partial charge in [0.15, 0.2) is 0 Å². The molecule has 0 radical (unpaired) electrons. The minimum Gasteiger partial charge on any atom is -0.480 e. The van der Waals surface area contributed by atoms with Crippen LogP contribution in [0.3, 0.4) is 0 Å². The standard InChI is InChI=1S/C10H11ClN2O3S/c11-9-3-7(1-2-12-9)4-17-5-8(10(15)16)13-6-14/h1-3,6,8H,4-5H2,(H,13,14)(H,15,16). The Morgan fingerprint density at radius 1 is 1.71 bits per heavy atom. The quantitative estimate of drug-likeness (QED) is 0.576. The summed E-state index contributed by atoms with van der Waals surface area (Å²) in [4.78, 5) is 24.8. The van der Waals surface area contributed by atoms with Gasteiger partial charge in [-0.3, -0.25) is 4.79 Å². The molecule has 0 spiro atoms. The van der Waals surface area contributed by atoms with E-state index in [1.165, 1.54) is 11.8 Å². The number of nitrogens with one attached hydrogen (secondary N) is 1. The molecule has 0 aliphatic rings. The summed E-state index contributed by atoms with van der Waals surface area (Å²) in [5, 5.41) is 11.4. The van der Waals surface area contributed by atoms with Gasteiger partial charge in [-0.1, -0.05) is 11.6 Å². The second kappa shape index (κ2) is 7.13. The first kappa shape index (κ1) is 13.8. The van der Waals surface area contributed by atoms with Gasteiger partial charge in [0.25, 0.3) is 0 Å². The number of carboxylic acids is 1. The fourth-order valence-corrected chi connectivity index (χ4v) is 2.30. The molecule has 0 saturated heterocycles. The number of thioether (sulfide) groups is 1. The van der Waals surface area contributed by atoms with E-state index in [9.17, 15) is 9.59 Å². The van der Waals surface area contributed by atoms with Gasteiger partial charge in [0.2, 0.25) is 6.41 Å². The second-order valence-corrected chi connectivity index (χ2v) is 4.59. The number of rotatable bonds is 7. The number of amides is 1. The van der Waals surface area contributed by atoms with Gasteiger partial charge in [-0.15, -0.1) is 0 Å². The Balaban J connectivity index is 2.40. The molecule has 1 unspecified atom stereocenters. The van der Waals surface area contributed by atoms with Gasteiger partial charge in [-0.2, -0.15) is 11.8 Å². The van der Waals surface area contributed by atoms with Crippen molar-refractivity contribution in [2.24, 2.45) is 0 Å². The summed E-state index contributed by atoms with van der Waals surface area (Å²) in [6, 6.07) is 2.66. The van der Waals surface area contributed by atoms with E-state index < -0.39 is 12.0 Å². The van der Waals surface area contributed by atoms with E-state index in [2.05, 4.69) is 10.3 Å². The predicted molar refractivity (Wildman–Crippen MR) is 66.0 cm³/mol. The third kappa shape index (κ3) is 5.06. The summed E-state index contributed by atoms with van der Waals surface area (Å²) in [6.07, 6.45) is 1.99. The molecule has 17 heavy (non-hydrogen) atoms.